The molecule has 0 spiro atoms. The molecule has 1 aromatic heterocycles. The van der Waals surface area contributed by atoms with E-state index in [0.29, 0.717) is 21.9 Å². The zero-order chi connectivity index (χ0) is 21.0. The molecule has 152 valence electrons. The van der Waals surface area contributed by atoms with Crippen molar-refractivity contribution in [1.82, 2.24) is 4.98 Å². The van der Waals surface area contributed by atoms with Crippen molar-refractivity contribution in [2.75, 3.05) is 18.9 Å². The van der Waals surface area contributed by atoms with Crippen LogP contribution in [0.5, 0.6) is 23.1 Å². The SMILES string of the molecule is COc1cc(C)ccc1Oc1ccc(NS(=O)(=O)c2cc(Br)ccc2OC)cn1. The number of aryl methyl sites for hydroxylation is 1. The van der Waals surface area contributed by atoms with Gasteiger partial charge in [0.1, 0.15) is 10.6 Å². The van der Waals surface area contributed by atoms with Crippen LogP contribution >= 0.6 is 15.9 Å². The summed E-state index contributed by atoms with van der Waals surface area (Å²) in [6, 6.07) is 13.4. The third kappa shape index (κ3) is 4.99. The second-order valence-electron chi connectivity index (χ2n) is 6.04. The lowest BCUT2D eigenvalue weighted by atomic mass is 10.2. The first-order valence-electron chi connectivity index (χ1n) is 8.47. The summed E-state index contributed by atoms with van der Waals surface area (Å²) in [7, 11) is -0.901. The molecule has 9 heteroatoms. The minimum Gasteiger partial charge on any atom is -0.495 e. The molecule has 0 aliphatic heterocycles. The molecule has 1 N–H and O–H groups in total. The van der Waals surface area contributed by atoms with Gasteiger partial charge in [0.05, 0.1) is 26.1 Å². The molecule has 0 atom stereocenters. The van der Waals surface area contributed by atoms with Gasteiger partial charge in [-0.3, -0.25) is 4.72 Å². The number of rotatable bonds is 7. The summed E-state index contributed by atoms with van der Waals surface area (Å²) in [4.78, 5) is 4.18. The Bertz CT molecular complexity index is 1120. The third-order valence-electron chi connectivity index (χ3n) is 3.94. The Hall–Kier alpha value is -2.78. The fraction of sp³-hybridized carbons (Fsp3) is 0.150. The van der Waals surface area contributed by atoms with E-state index in [1.54, 1.807) is 37.4 Å². The largest absolute Gasteiger partial charge is 0.495 e. The van der Waals surface area contributed by atoms with Gasteiger partial charge in [0.2, 0.25) is 5.88 Å². The summed E-state index contributed by atoms with van der Waals surface area (Å²) in [5.41, 5.74) is 1.32. The Morgan fingerprint density at radius 2 is 1.66 bits per heavy atom. The van der Waals surface area contributed by atoms with Crippen LogP contribution in [0.2, 0.25) is 0 Å². The Labute approximate surface area is 177 Å². The second kappa shape index (κ2) is 8.71. The summed E-state index contributed by atoms with van der Waals surface area (Å²) in [5.74, 6) is 1.63. The van der Waals surface area contributed by atoms with Crippen molar-refractivity contribution in [3.8, 4) is 23.1 Å². The molecular formula is C20H19BrN2O5S. The van der Waals surface area contributed by atoms with Crippen molar-refractivity contribution in [3.05, 3.63) is 64.8 Å². The lowest BCUT2D eigenvalue weighted by molar-refractivity contribution is 0.374. The number of benzene rings is 2. The molecule has 0 saturated carbocycles. The van der Waals surface area contributed by atoms with Crippen LogP contribution in [-0.2, 0) is 10.0 Å². The number of hydrogen-bond donors (Lipinski definition) is 1. The van der Waals surface area contributed by atoms with E-state index in [2.05, 4.69) is 25.6 Å². The van der Waals surface area contributed by atoms with Crippen LogP contribution in [0.15, 0.2) is 64.1 Å². The van der Waals surface area contributed by atoms with E-state index in [-0.39, 0.29) is 16.3 Å². The molecule has 0 fully saturated rings. The van der Waals surface area contributed by atoms with Gasteiger partial charge in [0.15, 0.2) is 11.5 Å². The first-order chi connectivity index (χ1) is 13.8. The Morgan fingerprint density at radius 3 is 2.31 bits per heavy atom. The predicted octanol–water partition coefficient (Wildman–Crippen LogP) is 4.76. The number of methoxy groups -OCH3 is 2. The van der Waals surface area contributed by atoms with Crippen LogP contribution in [0.4, 0.5) is 5.69 Å². The number of nitrogens with one attached hydrogen (secondary N) is 1. The van der Waals surface area contributed by atoms with Crippen LogP contribution in [0, 0.1) is 6.92 Å². The number of sulfonamides is 1. The quantitative estimate of drug-likeness (QED) is 0.526. The maximum Gasteiger partial charge on any atom is 0.265 e. The maximum absolute atomic E-state index is 12.7. The number of halogens is 1. The van der Waals surface area contributed by atoms with Crippen LogP contribution in [0.3, 0.4) is 0 Å². The highest BCUT2D eigenvalue weighted by atomic mass is 79.9. The van der Waals surface area contributed by atoms with Crippen LogP contribution in [-0.4, -0.2) is 27.6 Å². The van der Waals surface area contributed by atoms with E-state index in [0.717, 1.165) is 5.56 Å². The number of hydrogen-bond acceptors (Lipinski definition) is 6. The highest BCUT2D eigenvalue weighted by molar-refractivity contribution is 9.10. The summed E-state index contributed by atoms with van der Waals surface area (Å²) in [5, 5.41) is 0. The van der Waals surface area contributed by atoms with E-state index in [4.69, 9.17) is 14.2 Å². The zero-order valence-electron chi connectivity index (χ0n) is 16.0. The Kier molecular flexibility index (Phi) is 6.29. The van der Waals surface area contributed by atoms with Gasteiger partial charge in [-0.1, -0.05) is 22.0 Å². The summed E-state index contributed by atoms with van der Waals surface area (Å²) < 4.78 is 44.8. The average Bonchev–Trinajstić information content (AvgIpc) is 2.70. The van der Waals surface area contributed by atoms with E-state index in [9.17, 15) is 8.42 Å². The number of nitrogens with zero attached hydrogens (tertiary/aromatic N) is 1. The van der Waals surface area contributed by atoms with E-state index >= 15 is 0 Å². The van der Waals surface area contributed by atoms with Crippen LogP contribution in [0.25, 0.3) is 0 Å². The zero-order valence-corrected chi connectivity index (χ0v) is 18.4. The number of pyridine rings is 1. The second-order valence-corrected chi connectivity index (χ2v) is 8.61. The number of aromatic nitrogens is 1. The van der Waals surface area contributed by atoms with Gasteiger partial charge in [-0.05, 0) is 48.9 Å². The number of ether oxygens (including phenoxy) is 3. The average molecular weight is 479 g/mol. The van der Waals surface area contributed by atoms with E-state index in [1.807, 2.05) is 19.1 Å². The van der Waals surface area contributed by atoms with Crippen LogP contribution in [0.1, 0.15) is 5.56 Å². The highest BCUT2D eigenvalue weighted by Crippen LogP contribution is 2.32. The van der Waals surface area contributed by atoms with Crippen molar-refractivity contribution in [2.45, 2.75) is 11.8 Å². The molecule has 0 bridgehead atoms. The standard InChI is InChI=1S/C20H19BrN2O5S/c1-13-4-7-16(18(10-13)27-3)28-20-9-6-15(12-22-20)23-29(24,25)19-11-14(21)5-8-17(19)26-2/h4-12,23H,1-3H3. The van der Waals surface area contributed by atoms with Gasteiger partial charge in [-0.15, -0.1) is 0 Å². The molecule has 0 saturated heterocycles. The van der Waals surface area contributed by atoms with E-state index in [1.165, 1.54) is 19.4 Å². The summed E-state index contributed by atoms with van der Waals surface area (Å²) in [6.45, 7) is 1.95. The molecule has 0 aliphatic carbocycles. The first-order valence-corrected chi connectivity index (χ1v) is 10.7. The molecule has 3 aromatic rings. The van der Waals surface area contributed by atoms with Crippen LogP contribution < -0.4 is 18.9 Å². The normalized spacial score (nSPS) is 11.0. The molecule has 29 heavy (non-hydrogen) atoms. The molecule has 2 aromatic carbocycles. The summed E-state index contributed by atoms with van der Waals surface area (Å²) >= 11 is 3.27. The van der Waals surface area contributed by atoms with Gasteiger partial charge in [-0.2, -0.15) is 0 Å². The van der Waals surface area contributed by atoms with Crippen molar-refractivity contribution >= 4 is 31.6 Å². The minimum absolute atomic E-state index is 0.0130. The fourth-order valence-electron chi connectivity index (χ4n) is 2.54. The molecule has 3 rings (SSSR count). The summed E-state index contributed by atoms with van der Waals surface area (Å²) in [6.07, 6.45) is 1.37. The van der Waals surface area contributed by atoms with Gasteiger partial charge in [-0.25, -0.2) is 13.4 Å². The highest BCUT2D eigenvalue weighted by Gasteiger charge is 2.20. The maximum atomic E-state index is 12.7. The van der Waals surface area contributed by atoms with Crippen molar-refractivity contribution in [3.63, 3.8) is 0 Å². The topological polar surface area (TPSA) is 86.8 Å². The first kappa shape index (κ1) is 20.9. The van der Waals surface area contributed by atoms with Gasteiger partial charge in [0, 0.05) is 10.5 Å². The minimum atomic E-state index is -3.87. The third-order valence-corrected chi connectivity index (χ3v) is 5.83. The van der Waals surface area contributed by atoms with Crippen molar-refractivity contribution < 1.29 is 22.6 Å². The molecule has 7 nitrogen and oxygen atoms in total. The Morgan fingerprint density at radius 1 is 0.931 bits per heavy atom. The lowest BCUT2D eigenvalue weighted by Gasteiger charge is -2.13. The molecule has 0 radical (unpaired) electrons. The number of anilines is 1. The molecule has 0 unspecified atom stereocenters. The van der Waals surface area contributed by atoms with Gasteiger partial charge >= 0.3 is 0 Å². The van der Waals surface area contributed by atoms with E-state index < -0.39 is 10.0 Å². The Balaban J connectivity index is 1.80. The smallest absolute Gasteiger partial charge is 0.265 e. The molecule has 1 heterocycles. The lowest BCUT2D eigenvalue weighted by Crippen LogP contribution is -2.14. The molecule has 0 amide bonds. The fourth-order valence-corrected chi connectivity index (χ4v) is 4.30. The predicted molar refractivity (Wildman–Crippen MR) is 114 cm³/mol. The van der Waals surface area contributed by atoms with Gasteiger partial charge < -0.3 is 14.2 Å². The van der Waals surface area contributed by atoms with Crippen molar-refractivity contribution in [1.29, 1.82) is 0 Å². The van der Waals surface area contributed by atoms with Gasteiger partial charge in [0.25, 0.3) is 10.0 Å². The monoisotopic (exact) mass is 478 g/mol. The van der Waals surface area contributed by atoms with Crippen molar-refractivity contribution in [2.24, 2.45) is 0 Å². The molecule has 0 aliphatic rings. The molecular weight excluding hydrogens is 460 g/mol.